The molecule has 0 aromatic carbocycles. The Bertz CT molecular complexity index is 317. The first kappa shape index (κ1) is 12.8. The first-order valence-corrected chi connectivity index (χ1v) is 6.97. The highest BCUT2D eigenvalue weighted by molar-refractivity contribution is 7.99. The van der Waals surface area contributed by atoms with E-state index in [9.17, 15) is 0 Å². The van der Waals surface area contributed by atoms with E-state index in [0.717, 1.165) is 24.7 Å². The van der Waals surface area contributed by atoms with Crippen molar-refractivity contribution in [2.45, 2.75) is 36.1 Å². The zero-order chi connectivity index (χ0) is 11.9. The second-order valence-electron chi connectivity index (χ2n) is 4.27. The van der Waals surface area contributed by atoms with Gasteiger partial charge in [0.25, 0.3) is 0 Å². The molecule has 5 heteroatoms. The summed E-state index contributed by atoms with van der Waals surface area (Å²) >= 11 is 1.75. The molecule has 94 valence electrons. The van der Waals surface area contributed by atoms with E-state index in [1.807, 2.05) is 0 Å². The molecule has 2 heterocycles. The van der Waals surface area contributed by atoms with Crippen molar-refractivity contribution in [1.29, 1.82) is 0 Å². The van der Waals surface area contributed by atoms with E-state index in [2.05, 4.69) is 22.2 Å². The number of ether oxygens (including phenoxy) is 1. The molecule has 1 fully saturated rings. The summed E-state index contributed by atoms with van der Waals surface area (Å²) in [5, 5.41) is 4.93. The maximum Gasteiger partial charge on any atom is 0.115 e. The van der Waals surface area contributed by atoms with Gasteiger partial charge in [0, 0.05) is 37.3 Å². The summed E-state index contributed by atoms with van der Waals surface area (Å²) in [6.07, 6.45) is 8.05. The highest BCUT2D eigenvalue weighted by Gasteiger charge is 2.15. The SMILES string of the molecule is CC(CNCC1CCCO1)Sc1cnccn1. The van der Waals surface area contributed by atoms with Crippen molar-refractivity contribution in [2.24, 2.45) is 0 Å². The third-order valence-corrected chi connectivity index (χ3v) is 3.71. The van der Waals surface area contributed by atoms with Gasteiger partial charge in [0.1, 0.15) is 5.03 Å². The Hall–Kier alpha value is -0.650. The van der Waals surface area contributed by atoms with Crippen LogP contribution in [0.15, 0.2) is 23.6 Å². The van der Waals surface area contributed by atoms with Gasteiger partial charge in [-0.3, -0.25) is 4.98 Å². The molecule has 4 nitrogen and oxygen atoms in total. The number of aromatic nitrogens is 2. The summed E-state index contributed by atoms with van der Waals surface area (Å²) < 4.78 is 5.56. The first-order chi connectivity index (χ1) is 8.34. The Labute approximate surface area is 107 Å². The molecule has 0 saturated carbocycles. The molecular weight excluding hydrogens is 234 g/mol. The van der Waals surface area contributed by atoms with Gasteiger partial charge in [-0.05, 0) is 12.8 Å². The van der Waals surface area contributed by atoms with E-state index in [0.29, 0.717) is 11.4 Å². The second kappa shape index (κ2) is 6.93. The molecule has 1 aliphatic rings. The van der Waals surface area contributed by atoms with Gasteiger partial charge in [0.15, 0.2) is 0 Å². The molecule has 1 saturated heterocycles. The predicted octanol–water partition coefficient (Wildman–Crippen LogP) is 1.73. The lowest BCUT2D eigenvalue weighted by molar-refractivity contribution is 0.110. The van der Waals surface area contributed by atoms with E-state index >= 15 is 0 Å². The Balaban J connectivity index is 1.62. The Morgan fingerprint density at radius 1 is 1.59 bits per heavy atom. The Kier molecular flexibility index (Phi) is 5.22. The first-order valence-electron chi connectivity index (χ1n) is 6.09. The maximum atomic E-state index is 5.56. The molecule has 2 atom stereocenters. The normalized spacial score (nSPS) is 21.6. The van der Waals surface area contributed by atoms with Crippen LogP contribution in [0, 0.1) is 0 Å². The molecule has 1 aliphatic heterocycles. The van der Waals surface area contributed by atoms with Crippen LogP contribution in [-0.4, -0.2) is 41.0 Å². The summed E-state index contributed by atoms with van der Waals surface area (Å²) in [5.74, 6) is 0. The summed E-state index contributed by atoms with van der Waals surface area (Å²) in [5.41, 5.74) is 0. The van der Waals surface area contributed by atoms with Crippen molar-refractivity contribution in [3.63, 3.8) is 0 Å². The van der Waals surface area contributed by atoms with Crippen molar-refractivity contribution < 1.29 is 4.74 Å². The van der Waals surface area contributed by atoms with Crippen LogP contribution in [-0.2, 0) is 4.74 Å². The maximum absolute atomic E-state index is 5.56. The van der Waals surface area contributed by atoms with Gasteiger partial charge in [-0.1, -0.05) is 6.92 Å². The molecule has 0 bridgehead atoms. The second-order valence-corrected chi connectivity index (χ2v) is 5.72. The van der Waals surface area contributed by atoms with Gasteiger partial charge in [0.2, 0.25) is 0 Å². The van der Waals surface area contributed by atoms with E-state index < -0.39 is 0 Å². The van der Waals surface area contributed by atoms with Crippen molar-refractivity contribution >= 4 is 11.8 Å². The van der Waals surface area contributed by atoms with Crippen LogP contribution >= 0.6 is 11.8 Å². The molecule has 0 spiro atoms. The number of hydrogen-bond donors (Lipinski definition) is 1. The van der Waals surface area contributed by atoms with Gasteiger partial charge in [-0.2, -0.15) is 0 Å². The van der Waals surface area contributed by atoms with Crippen molar-refractivity contribution in [2.75, 3.05) is 19.7 Å². The Morgan fingerprint density at radius 2 is 2.53 bits per heavy atom. The van der Waals surface area contributed by atoms with Crippen LogP contribution in [0.5, 0.6) is 0 Å². The molecule has 1 aromatic rings. The van der Waals surface area contributed by atoms with Gasteiger partial charge in [-0.25, -0.2) is 4.98 Å². The largest absolute Gasteiger partial charge is 0.377 e. The molecule has 17 heavy (non-hydrogen) atoms. The van der Waals surface area contributed by atoms with Crippen LogP contribution in [0.1, 0.15) is 19.8 Å². The fourth-order valence-electron chi connectivity index (χ4n) is 1.85. The van der Waals surface area contributed by atoms with Gasteiger partial charge < -0.3 is 10.1 Å². The van der Waals surface area contributed by atoms with Gasteiger partial charge in [-0.15, -0.1) is 11.8 Å². The average molecular weight is 253 g/mol. The molecule has 1 aromatic heterocycles. The predicted molar refractivity (Wildman–Crippen MR) is 69.2 cm³/mol. The zero-order valence-corrected chi connectivity index (χ0v) is 10.9. The van der Waals surface area contributed by atoms with Crippen LogP contribution in [0.4, 0.5) is 0 Å². The number of thioether (sulfide) groups is 1. The van der Waals surface area contributed by atoms with E-state index in [1.165, 1.54) is 12.8 Å². The quantitative estimate of drug-likeness (QED) is 0.782. The number of nitrogens with zero attached hydrogens (tertiary/aromatic N) is 2. The highest BCUT2D eigenvalue weighted by atomic mass is 32.2. The van der Waals surface area contributed by atoms with Gasteiger partial charge in [0.05, 0.1) is 12.3 Å². The third-order valence-electron chi connectivity index (χ3n) is 2.69. The average Bonchev–Trinajstić information content (AvgIpc) is 2.83. The standard InChI is InChI=1S/C12H19N3OS/c1-10(17-12-9-13-4-5-15-12)7-14-8-11-3-2-6-16-11/h4-5,9-11,14H,2-3,6-8H2,1H3. The molecule has 1 N–H and O–H groups in total. The fourth-order valence-corrected chi connectivity index (χ4v) is 2.70. The lowest BCUT2D eigenvalue weighted by Crippen LogP contribution is -2.30. The minimum absolute atomic E-state index is 0.420. The lowest BCUT2D eigenvalue weighted by Gasteiger charge is -2.14. The van der Waals surface area contributed by atoms with E-state index in [1.54, 1.807) is 30.4 Å². The van der Waals surface area contributed by atoms with Crippen LogP contribution in [0.25, 0.3) is 0 Å². The van der Waals surface area contributed by atoms with E-state index in [4.69, 9.17) is 4.74 Å². The van der Waals surface area contributed by atoms with E-state index in [-0.39, 0.29) is 0 Å². The molecule has 2 unspecified atom stereocenters. The molecule has 0 aliphatic carbocycles. The number of nitrogens with one attached hydrogen (secondary N) is 1. The van der Waals surface area contributed by atoms with Crippen molar-refractivity contribution in [1.82, 2.24) is 15.3 Å². The topological polar surface area (TPSA) is 47.0 Å². The van der Waals surface area contributed by atoms with Gasteiger partial charge >= 0.3 is 0 Å². The monoisotopic (exact) mass is 253 g/mol. The zero-order valence-electron chi connectivity index (χ0n) is 10.1. The van der Waals surface area contributed by atoms with Crippen LogP contribution in [0.3, 0.4) is 0 Å². The molecule has 0 amide bonds. The highest BCUT2D eigenvalue weighted by Crippen LogP contribution is 2.19. The molecular formula is C12H19N3OS. The number of hydrogen-bond acceptors (Lipinski definition) is 5. The van der Waals surface area contributed by atoms with Crippen molar-refractivity contribution in [3.05, 3.63) is 18.6 Å². The smallest absolute Gasteiger partial charge is 0.115 e. The van der Waals surface area contributed by atoms with Crippen LogP contribution < -0.4 is 5.32 Å². The van der Waals surface area contributed by atoms with Crippen LogP contribution in [0.2, 0.25) is 0 Å². The minimum atomic E-state index is 0.420. The minimum Gasteiger partial charge on any atom is -0.377 e. The third kappa shape index (κ3) is 4.61. The summed E-state index contributed by atoms with van der Waals surface area (Å²) in [4.78, 5) is 8.31. The Morgan fingerprint density at radius 3 is 3.24 bits per heavy atom. The molecule has 0 radical (unpaired) electrons. The lowest BCUT2D eigenvalue weighted by atomic mass is 10.2. The summed E-state index contributed by atoms with van der Waals surface area (Å²) in [6, 6.07) is 0. The number of rotatable bonds is 6. The summed E-state index contributed by atoms with van der Waals surface area (Å²) in [7, 11) is 0. The fraction of sp³-hybridized carbons (Fsp3) is 0.667. The summed E-state index contributed by atoms with van der Waals surface area (Å²) in [6.45, 7) is 5.06. The molecule has 2 rings (SSSR count). The van der Waals surface area contributed by atoms with Crippen molar-refractivity contribution in [3.8, 4) is 0 Å².